The summed E-state index contributed by atoms with van der Waals surface area (Å²) in [5.74, 6) is 1.11. The highest BCUT2D eigenvalue weighted by molar-refractivity contribution is 6.34. The predicted octanol–water partition coefficient (Wildman–Crippen LogP) is 5.62. The van der Waals surface area contributed by atoms with Gasteiger partial charge in [0, 0.05) is 17.6 Å². The average Bonchev–Trinajstić information content (AvgIpc) is 2.91. The number of amides is 2. The fourth-order valence-electron chi connectivity index (χ4n) is 3.48. The SMILES string of the molecule is C/C=C(\C(=O)Nc1ccc(Oc2ccnc3cc(OC)c(OC)cc23)cn1)C(=O)Nc1ccccc1Cl. The summed E-state index contributed by atoms with van der Waals surface area (Å²) in [4.78, 5) is 33.9. The van der Waals surface area contributed by atoms with Crippen LogP contribution in [0.1, 0.15) is 6.92 Å². The molecule has 0 bridgehead atoms. The Kier molecular flexibility index (Phi) is 7.85. The van der Waals surface area contributed by atoms with E-state index in [4.69, 9.17) is 25.8 Å². The van der Waals surface area contributed by atoms with Crippen molar-refractivity contribution in [1.82, 2.24) is 9.97 Å². The zero-order valence-corrected chi connectivity index (χ0v) is 21.0. The van der Waals surface area contributed by atoms with Crippen LogP contribution in [0.15, 0.2) is 78.6 Å². The Hall–Kier alpha value is -4.63. The third-order valence-corrected chi connectivity index (χ3v) is 5.64. The molecule has 2 amide bonds. The smallest absolute Gasteiger partial charge is 0.262 e. The van der Waals surface area contributed by atoms with E-state index in [1.54, 1.807) is 81.9 Å². The second-order valence-corrected chi connectivity index (χ2v) is 8.01. The Morgan fingerprint density at radius 2 is 1.62 bits per heavy atom. The molecule has 0 aliphatic heterocycles. The molecule has 9 nitrogen and oxygen atoms in total. The van der Waals surface area contributed by atoms with Crippen molar-refractivity contribution in [2.24, 2.45) is 0 Å². The van der Waals surface area contributed by atoms with Crippen molar-refractivity contribution in [2.75, 3.05) is 24.9 Å². The summed E-state index contributed by atoms with van der Waals surface area (Å²) in [5.41, 5.74) is 0.983. The van der Waals surface area contributed by atoms with Crippen LogP contribution in [0.25, 0.3) is 10.9 Å². The normalized spacial score (nSPS) is 11.1. The van der Waals surface area contributed by atoms with Gasteiger partial charge < -0.3 is 24.8 Å². The lowest BCUT2D eigenvalue weighted by atomic mass is 10.2. The first-order chi connectivity index (χ1) is 17.9. The van der Waals surface area contributed by atoms with Crippen molar-refractivity contribution in [1.29, 1.82) is 0 Å². The molecule has 4 aromatic rings. The predicted molar refractivity (Wildman–Crippen MR) is 142 cm³/mol. The molecule has 2 N–H and O–H groups in total. The number of halogens is 1. The second-order valence-electron chi connectivity index (χ2n) is 7.61. The van der Waals surface area contributed by atoms with Crippen LogP contribution >= 0.6 is 11.6 Å². The topological polar surface area (TPSA) is 112 Å². The molecule has 2 aromatic carbocycles. The summed E-state index contributed by atoms with van der Waals surface area (Å²) >= 11 is 6.09. The van der Waals surface area contributed by atoms with Gasteiger partial charge in [0.05, 0.1) is 36.6 Å². The van der Waals surface area contributed by atoms with Crippen LogP contribution in [-0.4, -0.2) is 36.0 Å². The van der Waals surface area contributed by atoms with Crippen molar-refractivity contribution in [3.63, 3.8) is 0 Å². The minimum Gasteiger partial charge on any atom is -0.493 e. The van der Waals surface area contributed by atoms with E-state index in [1.807, 2.05) is 0 Å². The summed E-state index contributed by atoms with van der Waals surface area (Å²) in [5, 5.41) is 6.33. The van der Waals surface area contributed by atoms with Crippen molar-refractivity contribution in [3.05, 3.63) is 83.7 Å². The first-order valence-corrected chi connectivity index (χ1v) is 11.5. The van der Waals surface area contributed by atoms with Gasteiger partial charge >= 0.3 is 0 Å². The van der Waals surface area contributed by atoms with Crippen LogP contribution < -0.4 is 24.8 Å². The highest BCUT2D eigenvalue weighted by atomic mass is 35.5. The van der Waals surface area contributed by atoms with Crippen molar-refractivity contribution in [2.45, 2.75) is 6.92 Å². The first-order valence-electron chi connectivity index (χ1n) is 11.1. The van der Waals surface area contributed by atoms with Gasteiger partial charge in [-0.3, -0.25) is 14.6 Å². The molecule has 0 atom stereocenters. The number of pyridine rings is 2. The van der Waals surface area contributed by atoms with Crippen molar-refractivity contribution < 1.29 is 23.8 Å². The molecular weight excluding hydrogens is 496 g/mol. The number of hydrogen-bond acceptors (Lipinski definition) is 7. The van der Waals surface area contributed by atoms with Gasteiger partial charge in [-0.2, -0.15) is 0 Å². The molecule has 188 valence electrons. The minimum atomic E-state index is -0.616. The lowest BCUT2D eigenvalue weighted by Crippen LogP contribution is -2.25. The van der Waals surface area contributed by atoms with Gasteiger partial charge in [0.15, 0.2) is 11.5 Å². The highest BCUT2D eigenvalue weighted by Crippen LogP contribution is 2.36. The lowest BCUT2D eigenvalue weighted by Gasteiger charge is -2.13. The number of ether oxygens (including phenoxy) is 3. The van der Waals surface area contributed by atoms with Crippen molar-refractivity contribution >= 4 is 45.8 Å². The number of aromatic nitrogens is 2. The van der Waals surface area contributed by atoms with Gasteiger partial charge in [-0.15, -0.1) is 0 Å². The maximum Gasteiger partial charge on any atom is 0.262 e. The number of carbonyl (C=O) groups is 2. The summed E-state index contributed by atoms with van der Waals surface area (Å²) in [6.07, 6.45) is 4.50. The van der Waals surface area contributed by atoms with Crippen LogP contribution in [0.5, 0.6) is 23.0 Å². The quantitative estimate of drug-likeness (QED) is 0.177. The number of allylic oxidation sites excluding steroid dienone is 1. The number of carbonyl (C=O) groups excluding carboxylic acids is 2. The molecule has 0 fully saturated rings. The third-order valence-electron chi connectivity index (χ3n) is 5.31. The van der Waals surface area contributed by atoms with E-state index >= 15 is 0 Å². The summed E-state index contributed by atoms with van der Waals surface area (Å²) in [7, 11) is 3.11. The number of anilines is 2. The molecule has 0 saturated heterocycles. The third kappa shape index (κ3) is 5.79. The Morgan fingerprint density at radius 3 is 2.30 bits per heavy atom. The highest BCUT2D eigenvalue weighted by Gasteiger charge is 2.19. The van der Waals surface area contributed by atoms with Gasteiger partial charge in [0.2, 0.25) is 0 Å². The maximum atomic E-state index is 12.7. The zero-order chi connectivity index (χ0) is 26.4. The number of rotatable bonds is 8. The largest absolute Gasteiger partial charge is 0.493 e. The van der Waals surface area contributed by atoms with Crippen LogP contribution in [0, 0.1) is 0 Å². The van der Waals surface area contributed by atoms with E-state index in [0.29, 0.717) is 39.2 Å². The van der Waals surface area contributed by atoms with Gasteiger partial charge in [0.1, 0.15) is 22.9 Å². The number of benzene rings is 2. The molecule has 4 rings (SSSR count). The lowest BCUT2D eigenvalue weighted by molar-refractivity contribution is -0.118. The van der Waals surface area contributed by atoms with Gasteiger partial charge in [-0.25, -0.2) is 4.98 Å². The minimum absolute atomic E-state index is 0.0883. The Balaban J connectivity index is 1.46. The Morgan fingerprint density at radius 1 is 0.892 bits per heavy atom. The van der Waals surface area contributed by atoms with Crippen LogP contribution in [-0.2, 0) is 9.59 Å². The fourth-order valence-corrected chi connectivity index (χ4v) is 3.66. The van der Waals surface area contributed by atoms with Crippen molar-refractivity contribution in [3.8, 4) is 23.0 Å². The standard InChI is InChI=1S/C27H23ClN4O5/c1-4-17(26(33)31-20-8-6-5-7-19(20)28)27(34)32-25-10-9-16(15-30-25)37-22-11-12-29-21-14-24(36-3)23(35-2)13-18(21)22/h4-15H,1-3H3,(H,31,33)(H,30,32,34)/b17-4-. The number of fused-ring (bicyclic) bond motifs is 1. The molecule has 10 heteroatoms. The molecule has 2 aromatic heterocycles. The van der Waals surface area contributed by atoms with Crippen LogP contribution in [0.4, 0.5) is 11.5 Å². The Bertz CT molecular complexity index is 1490. The van der Waals surface area contributed by atoms with E-state index in [1.165, 1.54) is 12.3 Å². The Labute approximate surface area is 218 Å². The zero-order valence-electron chi connectivity index (χ0n) is 20.2. The van der Waals surface area contributed by atoms with Crippen LogP contribution in [0.3, 0.4) is 0 Å². The molecule has 0 aliphatic carbocycles. The molecule has 0 spiro atoms. The number of para-hydroxylation sites is 1. The van der Waals surface area contributed by atoms with Gasteiger partial charge in [-0.05, 0) is 43.3 Å². The molecule has 0 radical (unpaired) electrons. The van der Waals surface area contributed by atoms with Crippen LogP contribution in [0.2, 0.25) is 5.02 Å². The monoisotopic (exact) mass is 518 g/mol. The first kappa shape index (κ1) is 25.5. The van der Waals surface area contributed by atoms with E-state index in [-0.39, 0.29) is 11.4 Å². The second kappa shape index (κ2) is 11.4. The molecule has 0 aliphatic rings. The van der Waals surface area contributed by atoms with Gasteiger partial charge in [0.25, 0.3) is 11.8 Å². The summed E-state index contributed by atoms with van der Waals surface area (Å²) < 4.78 is 16.7. The summed E-state index contributed by atoms with van der Waals surface area (Å²) in [6.45, 7) is 1.59. The number of nitrogens with one attached hydrogen (secondary N) is 2. The van der Waals surface area contributed by atoms with E-state index in [9.17, 15) is 9.59 Å². The fraction of sp³-hybridized carbons (Fsp3) is 0.111. The molecule has 2 heterocycles. The maximum absolute atomic E-state index is 12.7. The van der Waals surface area contributed by atoms with E-state index < -0.39 is 11.8 Å². The van der Waals surface area contributed by atoms with E-state index in [2.05, 4.69) is 20.6 Å². The molecule has 37 heavy (non-hydrogen) atoms. The number of methoxy groups -OCH3 is 2. The average molecular weight is 519 g/mol. The number of nitrogens with zero attached hydrogens (tertiary/aromatic N) is 2. The summed E-state index contributed by atoms with van der Waals surface area (Å²) in [6, 6.07) is 15.2. The molecular formula is C27H23ClN4O5. The number of hydrogen-bond donors (Lipinski definition) is 2. The van der Waals surface area contributed by atoms with E-state index in [0.717, 1.165) is 5.39 Å². The molecule has 0 unspecified atom stereocenters. The van der Waals surface area contributed by atoms with Gasteiger partial charge in [-0.1, -0.05) is 29.8 Å². The molecule has 0 saturated carbocycles.